The number of hydrogen-bond acceptors (Lipinski definition) is 3. The van der Waals surface area contributed by atoms with E-state index in [0.717, 1.165) is 11.4 Å². The number of aromatic hydroxyl groups is 1. The summed E-state index contributed by atoms with van der Waals surface area (Å²) in [5.41, 5.74) is 3.97. The highest BCUT2D eigenvalue weighted by Crippen LogP contribution is 2.33. The first-order chi connectivity index (χ1) is 12.3. The van der Waals surface area contributed by atoms with Crippen LogP contribution in [-0.2, 0) is 14.1 Å². The van der Waals surface area contributed by atoms with Crippen LogP contribution in [0, 0.1) is 25.2 Å². The number of rotatable bonds is 3. The Labute approximate surface area is 152 Å². The summed E-state index contributed by atoms with van der Waals surface area (Å²) in [6, 6.07) is 12.1. The molecule has 0 aliphatic heterocycles. The zero-order chi connectivity index (χ0) is 19.0. The van der Waals surface area contributed by atoms with Crippen LogP contribution in [0.15, 0.2) is 42.6 Å². The van der Waals surface area contributed by atoms with E-state index in [1.165, 1.54) is 12.1 Å². The molecule has 6 nitrogen and oxygen atoms in total. The molecule has 0 aliphatic carbocycles. The van der Waals surface area contributed by atoms with Crippen molar-refractivity contribution in [3.63, 3.8) is 0 Å². The van der Waals surface area contributed by atoms with Crippen molar-refractivity contribution in [3.8, 4) is 11.8 Å². The molecule has 2 heterocycles. The first kappa shape index (κ1) is 17.4. The molecule has 3 rings (SSSR count). The third-order valence-electron chi connectivity index (χ3n) is 4.79. The van der Waals surface area contributed by atoms with Crippen LogP contribution < -0.4 is 4.90 Å². The van der Waals surface area contributed by atoms with E-state index in [4.69, 9.17) is 0 Å². The Bertz CT molecular complexity index is 1020. The molecule has 26 heavy (non-hydrogen) atoms. The molecule has 0 saturated carbocycles. The Morgan fingerprint density at radius 3 is 2.27 bits per heavy atom. The smallest absolute Gasteiger partial charge is 0.264 e. The largest absolute Gasteiger partial charge is 0.508 e. The first-order valence-corrected chi connectivity index (χ1v) is 8.17. The minimum Gasteiger partial charge on any atom is -0.508 e. The van der Waals surface area contributed by atoms with E-state index in [1.807, 2.05) is 31.7 Å². The maximum Gasteiger partial charge on any atom is 0.264 e. The van der Waals surface area contributed by atoms with Crippen molar-refractivity contribution >= 4 is 17.3 Å². The van der Waals surface area contributed by atoms with Gasteiger partial charge in [0.2, 0.25) is 0 Å². The van der Waals surface area contributed by atoms with Crippen LogP contribution >= 0.6 is 0 Å². The summed E-state index contributed by atoms with van der Waals surface area (Å²) in [4.78, 5) is 15.0. The van der Waals surface area contributed by atoms with Gasteiger partial charge in [-0.15, -0.1) is 0 Å². The zero-order valence-corrected chi connectivity index (χ0v) is 15.2. The van der Waals surface area contributed by atoms with Crippen molar-refractivity contribution in [2.45, 2.75) is 13.8 Å². The summed E-state index contributed by atoms with van der Waals surface area (Å²) < 4.78 is 3.65. The second-order valence-electron chi connectivity index (χ2n) is 6.25. The molecule has 1 aromatic carbocycles. The second-order valence-corrected chi connectivity index (χ2v) is 6.25. The molecule has 0 saturated heterocycles. The van der Waals surface area contributed by atoms with E-state index in [9.17, 15) is 15.2 Å². The van der Waals surface area contributed by atoms with E-state index in [1.54, 1.807) is 40.8 Å². The zero-order valence-electron chi connectivity index (χ0n) is 15.2. The van der Waals surface area contributed by atoms with Crippen LogP contribution in [-0.4, -0.2) is 20.1 Å². The number of carbonyl (C=O) groups excluding carboxylic acids is 1. The van der Waals surface area contributed by atoms with Crippen LogP contribution in [0.1, 0.15) is 27.4 Å². The summed E-state index contributed by atoms with van der Waals surface area (Å²) in [5, 5.41) is 18.9. The molecule has 2 aromatic heterocycles. The highest BCUT2D eigenvalue weighted by molar-refractivity contribution is 6.12. The minimum atomic E-state index is -0.188. The summed E-state index contributed by atoms with van der Waals surface area (Å²) in [5.74, 6) is -0.0634. The molecule has 0 unspecified atom stereocenters. The van der Waals surface area contributed by atoms with E-state index >= 15 is 0 Å². The van der Waals surface area contributed by atoms with Gasteiger partial charge in [0.1, 0.15) is 17.5 Å². The molecule has 1 amide bonds. The van der Waals surface area contributed by atoms with Gasteiger partial charge in [0.25, 0.3) is 5.91 Å². The van der Waals surface area contributed by atoms with Gasteiger partial charge in [-0.1, -0.05) is 0 Å². The van der Waals surface area contributed by atoms with Gasteiger partial charge in [-0.2, -0.15) is 5.26 Å². The van der Waals surface area contributed by atoms with E-state index < -0.39 is 0 Å². The maximum atomic E-state index is 13.4. The van der Waals surface area contributed by atoms with Crippen molar-refractivity contribution in [2.75, 3.05) is 4.90 Å². The van der Waals surface area contributed by atoms with E-state index in [-0.39, 0.29) is 11.7 Å². The van der Waals surface area contributed by atoms with E-state index in [0.29, 0.717) is 22.6 Å². The van der Waals surface area contributed by atoms with E-state index in [2.05, 4.69) is 6.07 Å². The number of aromatic nitrogens is 2. The lowest BCUT2D eigenvalue weighted by Crippen LogP contribution is -2.26. The normalized spacial score (nSPS) is 10.6. The van der Waals surface area contributed by atoms with Crippen LogP contribution in [0.3, 0.4) is 0 Å². The molecule has 6 heteroatoms. The quantitative estimate of drug-likeness (QED) is 0.787. The van der Waals surface area contributed by atoms with Crippen molar-refractivity contribution in [2.24, 2.45) is 14.1 Å². The highest BCUT2D eigenvalue weighted by atomic mass is 16.3. The number of amides is 1. The Kier molecular flexibility index (Phi) is 4.31. The van der Waals surface area contributed by atoms with Crippen molar-refractivity contribution in [3.05, 3.63) is 65.2 Å². The van der Waals surface area contributed by atoms with Gasteiger partial charge >= 0.3 is 0 Å². The van der Waals surface area contributed by atoms with Gasteiger partial charge < -0.3 is 14.2 Å². The predicted molar refractivity (Wildman–Crippen MR) is 99.6 cm³/mol. The van der Waals surface area contributed by atoms with Crippen molar-refractivity contribution in [1.82, 2.24) is 9.13 Å². The van der Waals surface area contributed by atoms with Crippen molar-refractivity contribution in [1.29, 1.82) is 5.26 Å². The number of nitrogens with zero attached hydrogens (tertiary/aromatic N) is 4. The number of hydrogen-bond donors (Lipinski definition) is 1. The molecule has 0 spiro atoms. The Morgan fingerprint density at radius 1 is 1.12 bits per heavy atom. The highest BCUT2D eigenvalue weighted by Gasteiger charge is 2.26. The maximum absolute atomic E-state index is 13.4. The molecule has 0 atom stereocenters. The molecule has 3 aromatic rings. The predicted octanol–water partition coefficient (Wildman–Crippen LogP) is 3.54. The minimum absolute atomic E-state index is 0.125. The number of nitriles is 1. The van der Waals surface area contributed by atoms with Gasteiger partial charge in [-0.3, -0.25) is 9.69 Å². The molecular formula is C20H20N4O2. The summed E-state index contributed by atoms with van der Waals surface area (Å²) in [6.07, 6.45) is 1.84. The van der Waals surface area contributed by atoms with Crippen LogP contribution in [0.5, 0.6) is 5.75 Å². The number of anilines is 2. The molecule has 132 valence electrons. The molecular weight excluding hydrogens is 328 g/mol. The van der Waals surface area contributed by atoms with Gasteiger partial charge in [-0.05, 0) is 50.2 Å². The third kappa shape index (κ3) is 2.74. The summed E-state index contributed by atoms with van der Waals surface area (Å²) >= 11 is 0. The number of carbonyl (C=O) groups is 1. The van der Waals surface area contributed by atoms with Crippen LogP contribution in [0.4, 0.5) is 11.4 Å². The number of phenols is 1. The fourth-order valence-electron chi connectivity index (χ4n) is 2.94. The summed E-state index contributed by atoms with van der Waals surface area (Å²) in [7, 11) is 3.68. The standard InChI is InChI=1S/C20H20N4O2/c1-13-18(9-10-22(13)3)20(26)24(15-5-7-17(25)8-6-15)19-11-16(12-21)23(4)14(19)2/h5-11,25H,1-4H3. The Morgan fingerprint density at radius 2 is 1.77 bits per heavy atom. The molecule has 0 bridgehead atoms. The van der Waals surface area contributed by atoms with Crippen LogP contribution in [0.25, 0.3) is 0 Å². The lowest BCUT2D eigenvalue weighted by Gasteiger charge is -2.23. The fourth-order valence-corrected chi connectivity index (χ4v) is 2.94. The van der Waals surface area contributed by atoms with Gasteiger partial charge in [-0.25, -0.2) is 0 Å². The molecule has 0 radical (unpaired) electrons. The van der Waals surface area contributed by atoms with Gasteiger partial charge in [0.05, 0.1) is 11.3 Å². The molecule has 1 N–H and O–H groups in total. The fraction of sp³-hybridized carbons (Fsp3) is 0.200. The second kappa shape index (κ2) is 6.45. The Hall–Kier alpha value is -3.46. The van der Waals surface area contributed by atoms with Gasteiger partial charge in [0, 0.05) is 37.4 Å². The van der Waals surface area contributed by atoms with Crippen LogP contribution in [0.2, 0.25) is 0 Å². The van der Waals surface area contributed by atoms with Crippen molar-refractivity contribution < 1.29 is 9.90 Å². The number of aryl methyl sites for hydroxylation is 1. The lowest BCUT2D eigenvalue weighted by atomic mass is 10.1. The topological polar surface area (TPSA) is 74.2 Å². The average Bonchev–Trinajstić information content (AvgIpc) is 3.10. The first-order valence-electron chi connectivity index (χ1n) is 8.17. The molecule has 0 fully saturated rings. The number of benzene rings is 1. The number of phenolic OH excluding ortho intramolecular Hbond substituents is 1. The monoisotopic (exact) mass is 348 g/mol. The average molecular weight is 348 g/mol. The van der Waals surface area contributed by atoms with Gasteiger partial charge in [0.15, 0.2) is 0 Å². The lowest BCUT2D eigenvalue weighted by molar-refractivity contribution is 0.0998. The molecule has 0 aliphatic rings. The third-order valence-corrected chi connectivity index (χ3v) is 4.79. The SMILES string of the molecule is Cc1c(C(=O)N(c2ccc(O)cc2)c2cc(C#N)n(C)c2C)ccn1C. The Balaban J connectivity index is 2.20. The summed E-state index contributed by atoms with van der Waals surface area (Å²) in [6.45, 7) is 3.76.